The molecule has 1 unspecified atom stereocenters. The lowest BCUT2D eigenvalue weighted by Gasteiger charge is -2.09. The topological polar surface area (TPSA) is 98.8 Å². The lowest BCUT2D eigenvalue weighted by molar-refractivity contribution is -0.146. The normalized spacial score (nSPS) is 11.2. The van der Waals surface area contributed by atoms with Crippen LogP contribution in [0, 0.1) is 0 Å². The third-order valence-electron chi connectivity index (χ3n) is 2.37. The van der Waals surface area contributed by atoms with Gasteiger partial charge in [-0.1, -0.05) is 30.3 Å². The number of primary amides is 1. The van der Waals surface area contributed by atoms with E-state index in [1.807, 2.05) is 18.2 Å². The van der Waals surface area contributed by atoms with E-state index in [1.165, 1.54) is 6.08 Å². The van der Waals surface area contributed by atoms with Crippen LogP contribution in [-0.4, -0.2) is 24.0 Å². The van der Waals surface area contributed by atoms with E-state index in [0.29, 0.717) is 0 Å². The van der Waals surface area contributed by atoms with Gasteiger partial charge >= 0.3 is 5.97 Å². The quantitative estimate of drug-likeness (QED) is 0.444. The van der Waals surface area contributed by atoms with Gasteiger partial charge in [-0.2, -0.15) is 4.99 Å². The number of aliphatic imine (C=N–C) groups is 1. The van der Waals surface area contributed by atoms with E-state index in [0.717, 1.165) is 5.56 Å². The van der Waals surface area contributed by atoms with Gasteiger partial charge in [-0.05, 0) is 12.0 Å². The molecule has 0 aliphatic heterocycles. The highest BCUT2D eigenvalue weighted by molar-refractivity contribution is 5.79. The number of carbonyl (C=O) groups excluding carboxylic acids is 3. The van der Waals surface area contributed by atoms with Crippen molar-refractivity contribution in [2.45, 2.75) is 25.5 Å². The Hall–Kier alpha value is -2.46. The van der Waals surface area contributed by atoms with Crippen molar-refractivity contribution in [3.63, 3.8) is 0 Å². The van der Waals surface area contributed by atoms with Crippen LogP contribution in [-0.2, 0) is 25.7 Å². The summed E-state index contributed by atoms with van der Waals surface area (Å²) in [6.45, 7) is 0.0844. The minimum absolute atomic E-state index is 0.0399. The molecule has 0 aromatic heterocycles. The van der Waals surface area contributed by atoms with Crippen LogP contribution in [0.5, 0.6) is 0 Å². The fourth-order valence-corrected chi connectivity index (χ4v) is 1.40. The molecule has 6 heteroatoms. The number of isocyanates is 1. The van der Waals surface area contributed by atoms with Gasteiger partial charge in [0.1, 0.15) is 6.61 Å². The zero-order valence-corrected chi connectivity index (χ0v) is 10.2. The summed E-state index contributed by atoms with van der Waals surface area (Å²) in [6.07, 6.45) is 1.29. The first-order valence-electron chi connectivity index (χ1n) is 5.69. The van der Waals surface area contributed by atoms with E-state index in [2.05, 4.69) is 4.99 Å². The van der Waals surface area contributed by atoms with Gasteiger partial charge in [0.25, 0.3) is 0 Å². The number of rotatable bonds is 7. The van der Waals surface area contributed by atoms with E-state index in [9.17, 15) is 14.4 Å². The molecule has 1 atom stereocenters. The maximum absolute atomic E-state index is 11.7. The van der Waals surface area contributed by atoms with E-state index in [4.69, 9.17) is 10.5 Å². The molecule has 0 spiro atoms. The first kappa shape index (κ1) is 14.6. The van der Waals surface area contributed by atoms with Gasteiger partial charge < -0.3 is 10.5 Å². The predicted octanol–water partition coefficient (Wildman–Crippen LogP) is 0.700. The molecule has 100 valence electrons. The number of benzene rings is 1. The lowest BCUT2D eigenvalue weighted by atomic mass is 10.1. The van der Waals surface area contributed by atoms with Gasteiger partial charge in [-0.25, -0.2) is 9.59 Å². The van der Waals surface area contributed by atoms with Crippen molar-refractivity contribution in [3.8, 4) is 0 Å². The number of nitrogens with two attached hydrogens (primary N) is 1. The average molecular weight is 262 g/mol. The zero-order chi connectivity index (χ0) is 14.1. The highest BCUT2D eigenvalue weighted by Gasteiger charge is 2.20. The highest BCUT2D eigenvalue weighted by atomic mass is 16.5. The summed E-state index contributed by atoms with van der Waals surface area (Å²) in [4.78, 5) is 35.9. The van der Waals surface area contributed by atoms with Crippen LogP contribution in [0.1, 0.15) is 18.4 Å². The summed E-state index contributed by atoms with van der Waals surface area (Å²) in [5.74, 6) is -1.24. The number of hydrogen-bond acceptors (Lipinski definition) is 5. The molecule has 1 amide bonds. The second-order valence-electron chi connectivity index (χ2n) is 3.83. The summed E-state index contributed by atoms with van der Waals surface area (Å²) in [6, 6.07) is 8.05. The Morgan fingerprint density at radius 2 is 2.00 bits per heavy atom. The fraction of sp³-hybridized carbons (Fsp3) is 0.308. The minimum Gasteiger partial charge on any atom is -0.459 e. The molecule has 1 aromatic rings. The molecular formula is C13H14N2O4. The molecule has 0 aliphatic carbocycles. The third-order valence-corrected chi connectivity index (χ3v) is 2.37. The van der Waals surface area contributed by atoms with Gasteiger partial charge in [0.05, 0.1) is 0 Å². The van der Waals surface area contributed by atoms with Crippen molar-refractivity contribution >= 4 is 18.0 Å². The van der Waals surface area contributed by atoms with Crippen molar-refractivity contribution < 1.29 is 19.1 Å². The smallest absolute Gasteiger partial charge is 0.332 e. The Balaban J connectivity index is 2.52. The molecule has 2 N–H and O–H groups in total. The summed E-state index contributed by atoms with van der Waals surface area (Å²) in [7, 11) is 0. The zero-order valence-electron chi connectivity index (χ0n) is 10.2. The molecule has 0 radical (unpaired) electrons. The molecule has 0 bridgehead atoms. The van der Waals surface area contributed by atoms with Crippen molar-refractivity contribution in [2.75, 3.05) is 0 Å². The Kier molecular flexibility index (Phi) is 5.98. The number of carbonyl (C=O) groups is 2. The Labute approximate surface area is 110 Å². The van der Waals surface area contributed by atoms with Crippen LogP contribution in [0.15, 0.2) is 35.3 Å². The SMILES string of the molecule is NC(=O)CCC(N=C=O)C(=O)OCc1ccccc1. The van der Waals surface area contributed by atoms with Gasteiger partial charge in [0.15, 0.2) is 6.04 Å². The fourth-order valence-electron chi connectivity index (χ4n) is 1.40. The second kappa shape index (κ2) is 7.79. The Morgan fingerprint density at radius 3 is 2.58 bits per heavy atom. The van der Waals surface area contributed by atoms with Gasteiger partial charge in [-0.3, -0.25) is 4.79 Å². The van der Waals surface area contributed by atoms with E-state index in [1.54, 1.807) is 12.1 Å². The first-order chi connectivity index (χ1) is 9.13. The molecule has 0 aliphatic rings. The van der Waals surface area contributed by atoms with Crippen LogP contribution in [0.4, 0.5) is 0 Å². The lowest BCUT2D eigenvalue weighted by Crippen LogP contribution is -2.24. The Morgan fingerprint density at radius 1 is 1.32 bits per heavy atom. The van der Waals surface area contributed by atoms with Crippen LogP contribution in [0.25, 0.3) is 0 Å². The second-order valence-corrected chi connectivity index (χ2v) is 3.83. The molecular weight excluding hydrogens is 248 g/mol. The van der Waals surface area contributed by atoms with E-state index >= 15 is 0 Å². The van der Waals surface area contributed by atoms with E-state index < -0.39 is 17.9 Å². The molecule has 1 aromatic carbocycles. The van der Waals surface area contributed by atoms with Crippen molar-refractivity contribution in [3.05, 3.63) is 35.9 Å². The summed E-state index contributed by atoms with van der Waals surface area (Å²) >= 11 is 0. The number of hydrogen-bond donors (Lipinski definition) is 1. The molecule has 0 heterocycles. The maximum atomic E-state index is 11.7. The molecule has 0 saturated heterocycles. The monoisotopic (exact) mass is 262 g/mol. The Bertz CT molecular complexity index is 481. The molecule has 6 nitrogen and oxygen atoms in total. The highest BCUT2D eigenvalue weighted by Crippen LogP contribution is 2.07. The maximum Gasteiger partial charge on any atom is 0.332 e. The number of nitrogens with zero attached hydrogens (tertiary/aromatic N) is 1. The van der Waals surface area contributed by atoms with Gasteiger partial charge in [-0.15, -0.1) is 0 Å². The molecule has 0 saturated carbocycles. The summed E-state index contributed by atoms with van der Waals surface area (Å²) in [5, 5.41) is 0. The average Bonchev–Trinajstić information content (AvgIpc) is 2.41. The van der Waals surface area contributed by atoms with Crippen LogP contribution < -0.4 is 5.73 Å². The summed E-state index contributed by atoms with van der Waals surface area (Å²) in [5.41, 5.74) is 5.79. The first-order valence-corrected chi connectivity index (χ1v) is 5.69. The van der Waals surface area contributed by atoms with E-state index in [-0.39, 0.29) is 19.4 Å². The largest absolute Gasteiger partial charge is 0.459 e. The van der Waals surface area contributed by atoms with Crippen LogP contribution in [0.2, 0.25) is 0 Å². The van der Waals surface area contributed by atoms with Gasteiger partial charge in [0, 0.05) is 6.42 Å². The minimum atomic E-state index is -1.03. The predicted molar refractivity (Wildman–Crippen MR) is 66.6 cm³/mol. The van der Waals surface area contributed by atoms with Crippen molar-refractivity contribution in [2.24, 2.45) is 10.7 Å². The molecule has 1 rings (SSSR count). The number of amides is 1. The van der Waals surface area contributed by atoms with Crippen molar-refractivity contribution in [1.82, 2.24) is 0 Å². The number of ether oxygens (including phenoxy) is 1. The van der Waals surface area contributed by atoms with Crippen LogP contribution in [0.3, 0.4) is 0 Å². The van der Waals surface area contributed by atoms with Gasteiger partial charge in [0.2, 0.25) is 12.0 Å². The molecule has 0 fully saturated rings. The standard InChI is InChI=1S/C13H14N2O4/c14-12(17)7-6-11(15-9-16)13(18)19-8-10-4-2-1-3-5-10/h1-5,11H,6-8H2,(H2,14,17). The molecule has 19 heavy (non-hydrogen) atoms. The number of esters is 1. The third kappa shape index (κ3) is 5.61. The van der Waals surface area contributed by atoms with Crippen molar-refractivity contribution in [1.29, 1.82) is 0 Å². The van der Waals surface area contributed by atoms with Crippen LogP contribution >= 0.6 is 0 Å². The summed E-state index contributed by atoms with van der Waals surface area (Å²) < 4.78 is 5.01.